The van der Waals surface area contributed by atoms with Gasteiger partial charge in [0.25, 0.3) is 0 Å². The summed E-state index contributed by atoms with van der Waals surface area (Å²) in [5.41, 5.74) is -0.488. The van der Waals surface area contributed by atoms with Crippen molar-refractivity contribution in [2.24, 2.45) is 0 Å². The fourth-order valence-electron chi connectivity index (χ4n) is 1.53. The molecule has 1 aliphatic rings. The summed E-state index contributed by atoms with van der Waals surface area (Å²) in [5, 5.41) is 2.66. The van der Waals surface area contributed by atoms with Crippen molar-refractivity contribution in [3.8, 4) is 0 Å². The Balaban J connectivity index is 2.27. The van der Waals surface area contributed by atoms with Crippen LogP contribution in [-0.2, 0) is 4.74 Å². The second kappa shape index (κ2) is 4.15. The molecule has 1 saturated carbocycles. The molecule has 1 aliphatic carbocycles. The Bertz CT molecular complexity index is 213. The van der Waals surface area contributed by atoms with Crippen molar-refractivity contribution in [1.82, 2.24) is 5.32 Å². The molecule has 3 nitrogen and oxygen atoms in total. The van der Waals surface area contributed by atoms with Crippen LogP contribution in [0, 0.1) is 0 Å². The number of carbonyl (C=O) groups excluding carboxylic acids is 1. The molecular formula is C10H18FNO2. The van der Waals surface area contributed by atoms with Crippen LogP contribution in [0.2, 0.25) is 0 Å². The topological polar surface area (TPSA) is 38.3 Å². The highest BCUT2D eigenvalue weighted by Gasteiger charge is 2.27. The van der Waals surface area contributed by atoms with Gasteiger partial charge in [-0.25, -0.2) is 9.18 Å². The maximum atomic E-state index is 12.8. The van der Waals surface area contributed by atoms with E-state index in [0.29, 0.717) is 19.3 Å². The van der Waals surface area contributed by atoms with Crippen molar-refractivity contribution >= 4 is 6.09 Å². The van der Waals surface area contributed by atoms with E-state index in [0.717, 1.165) is 0 Å². The highest BCUT2D eigenvalue weighted by molar-refractivity contribution is 5.68. The number of hydrogen-bond acceptors (Lipinski definition) is 2. The number of hydrogen-bond donors (Lipinski definition) is 1. The quantitative estimate of drug-likeness (QED) is 0.710. The molecule has 0 aliphatic heterocycles. The largest absolute Gasteiger partial charge is 0.444 e. The summed E-state index contributed by atoms with van der Waals surface area (Å²) in [6, 6.07) is -0.0557. The minimum Gasteiger partial charge on any atom is -0.444 e. The van der Waals surface area contributed by atoms with Gasteiger partial charge < -0.3 is 10.1 Å². The summed E-state index contributed by atoms with van der Waals surface area (Å²) in [6.07, 6.45) is 0.451. The lowest BCUT2D eigenvalue weighted by molar-refractivity contribution is 0.0504. The fraction of sp³-hybridized carbons (Fsp3) is 0.900. The molecule has 0 spiro atoms. The molecule has 0 aromatic heterocycles. The number of ether oxygens (including phenoxy) is 1. The monoisotopic (exact) mass is 203 g/mol. The van der Waals surface area contributed by atoms with Gasteiger partial charge in [-0.2, -0.15) is 0 Å². The summed E-state index contributed by atoms with van der Waals surface area (Å²) in [7, 11) is 0. The molecule has 1 amide bonds. The van der Waals surface area contributed by atoms with Crippen LogP contribution in [0.1, 0.15) is 40.0 Å². The van der Waals surface area contributed by atoms with Crippen LogP contribution in [0.3, 0.4) is 0 Å². The van der Waals surface area contributed by atoms with Crippen molar-refractivity contribution in [1.29, 1.82) is 0 Å². The highest BCUT2D eigenvalue weighted by atomic mass is 19.1. The zero-order valence-electron chi connectivity index (χ0n) is 8.97. The molecule has 1 rings (SSSR count). The van der Waals surface area contributed by atoms with E-state index in [1.54, 1.807) is 20.8 Å². The lowest BCUT2D eigenvalue weighted by Gasteiger charge is -2.21. The first-order chi connectivity index (χ1) is 6.37. The molecule has 0 aromatic rings. The number of alkyl carbamates (subject to hydrolysis) is 1. The standard InChI is InChI=1S/C10H18FNO2/c1-10(2,3)14-9(13)12-8-5-4-7(11)6-8/h7-8H,4-6H2,1-3H3,(H,12,13)/t7?,8-/m0/s1. The lowest BCUT2D eigenvalue weighted by Crippen LogP contribution is -2.38. The molecule has 0 radical (unpaired) electrons. The maximum absolute atomic E-state index is 12.8. The minimum atomic E-state index is -0.769. The van der Waals surface area contributed by atoms with Gasteiger partial charge in [-0.1, -0.05) is 0 Å². The van der Waals surface area contributed by atoms with Crippen molar-refractivity contribution < 1.29 is 13.9 Å². The third kappa shape index (κ3) is 3.94. The van der Waals surface area contributed by atoms with Crippen molar-refractivity contribution in [3.05, 3.63) is 0 Å². The summed E-state index contributed by atoms with van der Waals surface area (Å²) in [6.45, 7) is 5.41. The van der Waals surface area contributed by atoms with Gasteiger partial charge >= 0.3 is 6.09 Å². The van der Waals surface area contributed by atoms with Crippen molar-refractivity contribution in [2.45, 2.75) is 57.8 Å². The Morgan fingerprint density at radius 1 is 1.43 bits per heavy atom. The molecule has 0 saturated heterocycles. The van der Waals surface area contributed by atoms with E-state index in [1.807, 2.05) is 0 Å². The second-order valence-electron chi connectivity index (χ2n) is 4.75. The molecule has 14 heavy (non-hydrogen) atoms. The van der Waals surface area contributed by atoms with E-state index in [9.17, 15) is 9.18 Å². The van der Waals surface area contributed by atoms with E-state index in [4.69, 9.17) is 4.74 Å². The van der Waals surface area contributed by atoms with Gasteiger partial charge in [0.05, 0.1) is 0 Å². The third-order valence-electron chi connectivity index (χ3n) is 2.09. The van der Waals surface area contributed by atoms with Gasteiger partial charge in [-0.3, -0.25) is 0 Å². The Morgan fingerprint density at radius 3 is 2.50 bits per heavy atom. The zero-order valence-corrected chi connectivity index (χ0v) is 8.97. The van der Waals surface area contributed by atoms with E-state index >= 15 is 0 Å². The SMILES string of the molecule is CC(C)(C)OC(=O)N[C@H]1CCC(F)C1. The van der Waals surface area contributed by atoms with Crippen LogP contribution < -0.4 is 5.32 Å². The molecule has 0 heterocycles. The maximum Gasteiger partial charge on any atom is 0.407 e. The van der Waals surface area contributed by atoms with Gasteiger partial charge in [0.2, 0.25) is 0 Å². The number of alkyl halides is 1. The molecule has 1 N–H and O–H groups in total. The second-order valence-corrected chi connectivity index (χ2v) is 4.75. The van der Waals surface area contributed by atoms with E-state index in [1.165, 1.54) is 0 Å². The van der Waals surface area contributed by atoms with Crippen LogP contribution in [0.4, 0.5) is 9.18 Å². The molecule has 0 bridgehead atoms. The number of rotatable bonds is 1. The predicted molar refractivity (Wildman–Crippen MR) is 51.9 cm³/mol. The average Bonchev–Trinajstić information content (AvgIpc) is 2.30. The van der Waals surface area contributed by atoms with Gasteiger partial charge in [-0.05, 0) is 40.0 Å². The van der Waals surface area contributed by atoms with Gasteiger partial charge in [-0.15, -0.1) is 0 Å². The fourth-order valence-corrected chi connectivity index (χ4v) is 1.53. The van der Waals surface area contributed by atoms with Crippen LogP contribution in [0.25, 0.3) is 0 Å². The molecule has 0 aromatic carbocycles. The first-order valence-corrected chi connectivity index (χ1v) is 5.00. The minimum absolute atomic E-state index is 0.0557. The van der Waals surface area contributed by atoms with Gasteiger partial charge in [0, 0.05) is 6.04 Å². The van der Waals surface area contributed by atoms with E-state index in [2.05, 4.69) is 5.32 Å². The molecule has 2 atom stereocenters. The summed E-state index contributed by atoms with van der Waals surface area (Å²) >= 11 is 0. The number of nitrogens with one attached hydrogen (secondary N) is 1. The summed E-state index contributed by atoms with van der Waals surface area (Å²) < 4.78 is 17.8. The Kier molecular flexibility index (Phi) is 3.34. The molecule has 1 unspecified atom stereocenters. The highest BCUT2D eigenvalue weighted by Crippen LogP contribution is 2.22. The van der Waals surface area contributed by atoms with Crippen LogP contribution in [0.15, 0.2) is 0 Å². The molecule has 4 heteroatoms. The van der Waals surface area contributed by atoms with Crippen molar-refractivity contribution in [3.63, 3.8) is 0 Å². The summed E-state index contributed by atoms with van der Waals surface area (Å²) in [4.78, 5) is 11.3. The molecule has 82 valence electrons. The Labute approximate surface area is 84.0 Å². The third-order valence-corrected chi connectivity index (χ3v) is 2.09. The van der Waals surface area contributed by atoms with Crippen LogP contribution >= 0.6 is 0 Å². The first kappa shape index (κ1) is 11.3. The number of carbonyl (C=O) groups is 1. The smallest absolute Gasteiger partial charge is 0.407 e. The average molecular weight is 203 g/mol. The van der Waals surface area contributed by atoms with Crippen LogP contribution in [0.5, 0.6) is 0 Å². The number of halogens is 1. The van der Waals surface area contributed by atoms with E-state index in [-0.39, 0.29) is 6.04 Å². The van der Waals surface area contributed by atoms with Crippen LogP contribution in [-0.4, -0.2) is 23.9 Å². The predicted octanol–water partition coefficient (Wildman–Crippen LogP) is 2.40. The Morgan fingerprint density at radius 2 is 2.07 bits per heavy atom. The number of amides is 1. The molecular weight excluding hydrogens is 185 g/mol. The summed E-state index contributed by atoms with van der Waals surface area (Å²) in [5.74, 6) is 0. The van der Waals surface area contributed by atoms with E-state index < -0.39 is 17.9 Å². The Hall–Kier alpha value is -0.800. The first-order valence-electron chi connectivity index (χ1n) is 5.00. The lowest BCUT2D eigenvalue weighted by atomic mass is 10.2. The van der Waals surface area contributed by atoms with Gasteiger partial charge in [0.1, 0.15) is 11.8 Å². The molecule has 1 fully saturated rings. The normalized spacial score (nSPS) is 27.4. The van der Waals surface area contributed by atoms with Crippen molar-refractivity contribution in [2.75, 3.05) is 0 Å². The zero-order chi connectivity index (χ0) is 10.8. The van der Waals surface area contributed by atoms with Gasteiger partial charge in [0.15, 0.2) is 0 Å².